The zero-order valence-electron chi connectivity index (χ0n) is 11.9. The number of aromatic nitrogens is 2. The van der Waals surface area contributed by atoms with Gasteiger partial charge in [-0.05, 0) is 30.3 Å². The molecule has 0 unspecified atom stereocenters. The Kier molecular flexibility index (Phi) is 3.65. The first-order valence-corrected chi connectivity index (χ1v) is 6.95. The molecule has 1 aromatic heterocycles. The highest BCUT2D eigenvalue weighted by Crippen LogP contribution is 2.22. The molecule has 1 heterocycles. The van der Waals surface area contributed by atoms with E-state index in [4.69, 9.17) is 4.98 Å². The minimum atomic E-state index is 0.776. The molecule has 104 valence electrons. The molecule has 0 saturated heterocycles. The number of hydrogen-bond acceptors (Lipinski definition) is 3. The van der Waals surface area contributed by atoms with E-state index in [1.807, 2.05) is 42.5 Å². The van der Waals surface area contributed by atoms with Crippen molar-refractivity contribution in [3.8, 4) is 0 Å². The molecule has 0 N–H and O–H groups in total. The van der Waals surface area contributed by atoms with Gasteiger partial charge in [0.1, 0.15) is 0 Å². The van der Waals surface area contributed by atoms with E-state index in [0.29, 0.717) is 0 Å². The Morgan fingerprint density at radius 1 is 0.810 bits per heavy atom. The Bertz CT molecular complexity index is 798. The summed E-state index contributed by atoms with van der Waals surface area (Å²) in [6.45, 7) is 9.17. The number of benzene rings is 2. The fraction of sp³-hybridized carbons (Fsp3) is 0.111. The molecule has 3 rings (SSSR count). The number of para-hydroxylation sites is 2. The first-order chi connectivity index (χ1) is 10.3. The van der Waals surface area contributed by atoms with E-state index in [-0.39, 0.29) is 0 Å². The molecule has 0 atom stereocenters. The molecule has 0 bridgehead atoms. The van der Waals surface area contributed by atoms with Gasteiger partial charge in [-0.2, -0.15) is 0 Å². The number of rotatable bonds is 5. The molecular formula is C18H17N3. The molecule has 0 radical (unpaired) electrons. The quantitative estimate of drug-likeness (QED) is 0.521. The Labute approximate surface area is 124 Å². The highest BCUT2D eigenvalue weighted by Gasteiger charge is 2.06. The average molecular weight is 275 g/mol. The molecule has 0 aliphatic carbocycles. The van der Waals surface area contributed by atoms with Crippen molar-refractivity contribution >= 4 is 27.8 Å². The summed E-state index contributed by atoms with van der Waals surface area (Å²) in [7, 11) is 0. The van der Waals surface area contributed by atoms with Crippen LogP contribution < -0.4 is 4.90 Å². The number of anilines is 1. The second kappa shape index (κ2) is 5.75. The molecule has 0 aliphatic heterocycles. The van der Waals surface area contributed by atoms with Gasteiger partial charge in [-0.3, -0.25) is 0 Å². The van der Waals surface area contributed by atoms with Gasteiger partial charge in [0.15, 0.2) is 0 Å². The largest absolute Gasteiger partial charge is 0.364 e. The maximum Gasteiger partial charge on any atom is 0.0915 e. The normalized spacial score (nSPS) is 10.7. The molecule has 0 fully saturated rings. The van der Waals surface area contributed by atoms with Crippen molar-refractivity contribution in [2.24, 2.45) is 0 Å². The summed E-state index contributed by atoms with van der Waals surface area (Å²) >= 11 is 0. The van der Waals surface area contributed by atoms with Crippen LogP contribution in [0.25, 0.3) is 22.1 Å². The molecule has 0 amide bonds. The van der Waals surface area contributed by atoms with Crippen molar-refractivity contribution in [1.29, 1.82) is 0 Å². The third-order valence-electron chi connectivity index (χ3n) is 3.39. The molecular weight excluding hydrogens is 258 g/mol. The van der Waals surface area contributed by atoms with Gasteiger partial charge in [0.05, 0.1) is 22.1 Å². The van der Waals surface area contributed by atoms with Gasteiger partial charge >= 0.3 is 0 Å². The molecule has 3 heteroatoms. The predicted octanol–water partition coefficient (Wildman–Crippen LogP) is 3.96. The van der Waals surface area contributed by atoms with Crippen molar-refractivity contribution in [2.75, 3.05) is 18.0 Å². The summed E-state index contributed by atoms with van der Waals surface area (Å²) in [5.41, 5.74) is 4.76. The topological polar surface area (TPSA) is 29.0 Å². The van der Waals surface area contributed by atoms with E-state index in [1.165, 1.54) is 0 Å². The minimum Gasteiger partial charge on any atom is -0.364 e. The molecule has 2 aromatic carbocycles. The van der Waals surface area contributed by atoms with Crippen LogP contribution in [0.15, 0.2) is 67.8 Å². The van der Waals surface area contributed by atoms with Crippen molar-refractivity contribution in [2.45, 2.75) is 0 Å². The van der Waals surface area contributed by atoms with Gasteiger partial charge in [0.25, 0.3) is 0 Å². The summed E-state index contributed by atoms with van der Waals surface area (Å²) < 4.78 is 0. The van der Waals surface area contributed by atoms with Gasteiger partial charge in [-0.15, -0.1) is 13.2 Å². The molecule has 0 spiro atoms. The van der Waals surface area contributed by atoms with E-state index in [9.17, 15) is 0 Å². The third-order valence-corrected chi connectivity index (χ3v) is 3.39. The van der Waals surface area contributed by atoms with E-state index >= 15 is 0 Å². The van der Waals surface area contributed by atoms with Crippen molar-refractivity contribution in [3.05, 3.63) is 67.8 Å². The molecule has 0 aliphatic rings. The van der Waals surface area contributed by atoms with E-state index in [2.05, 4.69) is 35.2 Å². The maximum absolute atomic E-state index is 4.70. The molecule has 3 aromatic rings. The lowest BCUT2D eigenvalue weighted by molar-refractivity contribution is 0.958. The third kappa shape index (κ3) is 2.63. The lowest BCUT2D eigenvalue weighted by atomic mass is 10.2. The highest BCUT2D eigenvalue weighted by molar-refractivity contribution is 5.87. The summed E-state index contributed by atoms with van der Waals surface area (Å²) in [6.07, 6.45) is 3.78. The van der Waals surface area contributed by atoms with Crippen LogP contribution in [0.3, 0.4) is 0 Å². The lowest BCUT2D eigenvalue weighted by Crippen LogP contribution is -2.22. The zero-order chi connectivity index (χ0) is 14.7. The zero-order valence-corrected chi connectivity index (χ0v) is 11.9. The van der Waals surface area contributed by atoms with Gasteiger partial charge in [0, 0.05) is 18.8 Å². The summed E-state index contributed by atoms with van der Waals surface area (Å²) in [5.74, 6) is 0. The monoisotopic (exact) mass is 275 g/mol. The van der Waals surface area contributed by atoms with Crippen LogP contribution in [0, 0.1) is 0 Å². The van der Waals surface area contributed by atoms with Gasteiger partial charge in [-0.1, -0.05) is 24.3 Å². The second-order valence-electron chi connectivity index (χ2n) is 4.87. The van der Waals surface area contributed by atoms with Crippen molar-refractivity contribution in [3.63, 3.8) is 0 Å². The molecule has 21 heavy (non-hydrogen) atoms. The van der Waals surface area contributed by atoms with Crippen LogP contribution in [0.2, 0.25) is 0 Å². The fourth-order valence-corrected chi connectivity index (χ4v) is 2.40. The van der Waals surface area contributed by atoms with Crippen LogP contribution in [0.5, 0.6) is 0 Å². The average Bonchev–Trinajstić information content (AvgIpc) is 2.52. The SMILES string of the molecule is C=CCN(CC=C)c1ccc2nc3ccccc3nc2c1. The lowest BCUT2D eigenvalue weighted by Gasteiger charge is -2.21. The Morgan fingerprint density at radius 2 is 1.38 bits per heavy atom. The fourth-order valence-electron chi connectivity index (χ4n) is 2.40. The molecule has 3 nitrogen and oxygen atoms in total. The first kappa shape index (κ1) is 13.3. The predicted molar refractivity (Wildman–Crippen MR) is 89.7 cm³/mol. The van der Waals surface area contributed by atoms with Gasteiger partial charge in [0.2, 0.25) is 0 Å². The van der Waals surface area contributed by atoms with E-state index in [0.717, 1.165) is 40.8 Å². The van der Waals surface area contributed by atoms with Crippen LogP contribution in [-0.2, 0) is 0 Å². The van der Waals surface area contributed by atoms with Crippen molar-refractivity contribution in [1.82, 2.24) is 9.97 Å². The van der Waals surface area contributed by atoms with Gasteiger partial charge in [-0.25, -0.2) is 9.97 Å². The highest BCUT2D eigenvalue weighted by atomic mass is 15.1. The van der Waals surface area contributed by atoms with Crippen molar-refractivity contribution < 1.29 is 0 Å². The number of nitrogens with zero attached hydrogens (tertiary/aromatic N) is 3. The summed E-state index contributed by atoms with van der Waals surface area (Å²) in [4.78, 5) is 11.5. The van der Waals surface area contributed by atoms with Crippen LogP contribution >= 0.6 is 0 Å². The first-order valence-electron chi connectivity index (χ1n) is 6.95. The number of hydrogen-bond donors (Lipinski definition) is 0. The summed E-state index contributed by atoms with van der Waals surface area (Å²) in [6, 6.07) is 14.1. The number of fused-ring (bicyclic) bond motifs is 2. The minimum absolute atomic E-state index is 0.776. The second-order valence-corrected chi connectivity index (χ2v) is 4.87. The molecule has 0 saturated carbocycles. The van der Waals surface area contributed by atoms with Gasteiger partial charge < -0.3 is 4.90 Å². The Hall–Kier alpha value is -2.68. The van der Waals surface area contributed by atoms with E-state index < -0.39 is 0 Å². The smallest absolute Gasteiger partial charge is 0.0915 e. The Morgan fingerprint density at radius 3 is 2.00 bits per heavy atom. The standard InChI is InChI=1S/C18H17N3/c1-3-11-21(12-4-2)14-9-10-17-18(13-14)20-16-8-6-5-7-15(16)19-17/h3-10,13H,1-2,11-12H2. The Balaban J connectivity index is 2.11. The van der Waals surface area contributed by atoms with Crippen LogP contribution in [-0.4, -0.2) is 23.1 Å². The maximum atomic E-state index is 4.70. The summed E-state index contributed by atoms with van der Waals surface area (Å²) in [5, 5.41) is 0. The van der Waals surface area contributed by atoms with E-state index in [1.54, 1.807) is 0 Å². The van der Waals surface area contributed by atoms with Crippen LogP contribution in [0.1, 0.15) is 0 Å². The van der Waals surface area contributed by atoms with Crippen LogP contribution in [0.4, 0.5) is 5.69 Å².